The van der Waals surface area contributed by atoms with Gasteiger partial charge in [0, 0.05) is 19.6 Å². The number of aliphatic hydroxyl groups is 1. The molecule has 0 aromatic rings. The van der Waals surface area contributed by atoms with Crippen LogP contribution in [0.2, 0.25) is 0 Å². The van der Waals surface area contributed by atoms with Crippen molar-refractivity contribution in [3.63, 3.8) is 0 Å². The van der Waals surface area contributed by atoms with Gasteiger partial charge >= 0.3 is 0 Å². The van der Waals surface area contributed by atoms with E-state index in [9.17, 15) is 5.11 Å². The summed E-state index contributed by atoms with van der Waals surface area (Å²) in [6.07, 6.45) is 2.64. The predicted octanol–water partition coefficient (Wildman–Crippen LogP) is 0.741. The standard InChI is InChI=1S/C9H15NO.ClH/c11-9-7-1-6-2-8(9)5-10(3-6)4-7;/h6-9,11H,1-5H2;1H. The largest absolute Gasteiger partial charge is 0.392 e. The van der Waals surface area contributed by atoms with Crippen LogP contribution in [0.5, 0.6) is 0 Å². The van der Waals surface area contributed by atoms with Gasteiger partial charge in [-0.15, -0.1) is 12.4 Å². The van der Waals surface area contributed by atoms with Crippen molar-refractivity contribution in [3.8, 4) is 0 Å². The van der Waals surface area contributed by atoms with Crippen LogP contribution in [0.25, 0.3) is 0 Å². The summed E-state index contributed by atoms with van der Waals surface area (Å²) >= 11 is 0. The zero-order chi connectivity index (χ0) is 7.42. The maximum atomic E-state index is 9.80. The molecule has 0 spiro atoms. The second kappa shape index (κ2) is 2.86. The maximum Gasteiger partial charge on any atom is 0.0621 e. The summed E-state index contributed by atoms with van der Waals surface area (Å²) in [5.41, 5.74) is 0. The van der Waals surface area contributed by atoms with E-state index in [1.807, 2.05) is 0 Å². The highest BCUT2D eigenvalue weighted by Gasteiger charge is 2.46. The van der Waals surface area contributed by atoms with Crippen molar-refractivity contribution in [1.82, 2.24) is 4.90 Å². The quantitative estimate of drug-likeness (QED) is 0.608. The van der Waals surface area contributed by atoms with Gasteiger partial charge in [0.1, 0.15) is 0 Å². The van der Waals surface area contributed by atoms with Crippen molar-refractivity contribution >= 4 is 12.4 Å². The Morgan fingerprint density at radius 3 is 2.08 bits per heavy atom. The first-order valence-electron chi connectivity index (χ1n) is 4.73. The fraction of sp³-hybridized carbons (Fsp3) is 1.00. The Morgan fingerprint density at radius 2 is 1.58 bits per heavy atom. The molecule has 0 aromatic carbocycles. The van der Waals surface area contributed by atoms with Crippen LogP contribution in [0.4, 0.5) is 0 Å². The maximum absolute atomic E-state index is 9.80. The average molecular weight is 190 g/mol. The normalized spacial score (nSPS) is 55.2. The molecule has 1 N–H and O–H groups in total. The minimum absolute atomic E-state index is 0. The lowest BCUT2D eigenvalue weighted by Gasteiger charge is -2.54. The van der Waals surface area contributed by atoms with E-state index in [-0.39, 0.29) is 18.5 Å². The van der Waals surface area contributed by atoms with E-state index in [1.54, 1.807) is 0 Å². The summed E-state index contributed by atoms with van der Waals surface area (Å²) in [4.78, 5) is 2.54. The molecule has 2 atom stereocenters. The SMILES string of the molecule is Cl.OC1C2CC3CC1CN(C3)C2. The Balaban J connectivity index is 0.000000563. The number of nitrogens with zero attached hydrogens (tertiary/aromatic N) is 1. The van der Waals surface area contributed by atoms with Crippen molar-refractivity contribution in [2.75, 3.05) is 19.6 Å². The third-order valence-corrected chi connectivity index (χ3v) is 3.74. The lowest BCUT2D eigenvalue weighted by molar-refractivity contribution is -0.110. The summed E-state index contributed by atoms with van der Waals surface area (Å²) in [5, 5.41) is 9.80. The second-order valence-electron chi connectivity index (χ2n) is 4.57. The number of rotatable bonds is 0. The fourth-order valence-corrected chi connectivity index (χ4v) is 3.38. The van der Waals surface area contributed by atoms with E-state index in [1.165, 1.54) is 32.5 Å². The molecule has 0 amide bonds. The van der Waals surface area contributed by atoms with Crippen molar-refractivity contribution in [2.45, 2.75) is 18.9 Å². The molecule has 4 fully saturated rings. The summed E-state index contributed by atoms with van der Waals surface area (Å²) in [6, 6.07) is 0. The van der Waals surface area contributed by atoms with Crippen molar-refractivity contribution in [2.24, 2.45) is 17.8 Å². The van der Waals surface area contributed by atoms with Crippen LogP contribution in [-0.2, 0) is 0 Å². The molecule has 1 aliphatic carbocycles. The van der Waals surface area contributed by atoms with Gasteiger partial charge in [0.2, 0.25) is 0 Å². The Hall–Kier alpha value is 0.210. The Labute approximate surface area is 79.3 Å². The number of aliphatic hydroxyl groups excluding tert-OH is 1. The first kappa shape index (κ1) is 8.79. The molecular formula is C9H16ClNO. The van der Waals surface area contributed by atoms with Crippen LogP contribution in [0.3, 0.4) is 0 Å². The summed E-state index contributed by atoms with van der Waals surface area (Å²) in [6.45, 7) is 3.67. The molecular weight excluding hydrogens is 174 g/mol. The minimum atomic E-state index is 0. The molecule has 0 aromatic heterocycles. The van der Waals surface area contributed by atoms with Crippen LogP contribution < -0.4 is 0 Å². The van der Waals surface area contributed by atoms with Crippen molar-refractivity contribution in [3.05, 3.63) is 0 Å². The molecule has 3 saturated heterocycles. The first-order chi connectivity index (χ1) is 5.33. The molecule has 2 nitrogen and oxygen atoms in total. The Bertz CT molecular complexity index is 157. The summed E-state index contributed by atoms with van der Waals surface area (Å²) < 4.78 is 0. The molecule has 70 valence electrons. The minimum Gasteiger partial charge on any atom is -0.392 e. The van der Waals surface area contributed by atoms with Crippen LogP contribution in [0.1, 0.15) is 12.8 Å². The molecule has 4 bridgehead atoms. The van der Waals surface area contributed by atoms with Gasteiger partial charge in [0.05, 0.1) is 6.10 Å². The van der Waals surface area contributed by atoms with E-state index < -0.39 is 0 Å². The van der Waals surface area contributed by atoms with Gasteiger partial charge in [0.15, 0.2) is 0 Å². The van der Waals surface area contributed by atoms with Gasteiger partial charge < -0.3 is 10.0 Å². The molecule has 1 saturated carbocycles. The highest BCUT2D eigenvalue weighted by Crippen LogP contribution is 2.43. The number of halogens is 1. The van der Waals surface area contributed by atoms with E-state index in [0.29, 0.717) is 11.8 Å². The Kier molecular flexibility index (Phi) is 2.10. The molecule has 0 radical (unpaired) electrons. The summed E-state index contributed by atoms with van der Waals surface area (Å²) in [7, 11) is 0. The van der Waals surface area contributed by atoms with Crippen LogP contribution in [0, 0.1) is 17.8 Å². The monoisotopic (exact) mass is 189 g/mol. The van der Waals surface area contributed by atoms with E-state index in [4.69, 9.17) is 0 Å². The van der Waals surface area contributed by atoms with Crippen LogP contribution in [0.15, 0.2) is 0 Å². The molecule has 12 heavy (non-hydrogen) atoms. The number of hydrogen-bond acceptors (Lipinski definition) is 2. The highest BCUT2D eigenvalue weighted by molar-refractivity contribution is 5.85. The fourth-order valence-electron chi connectivity index (χ4n) is 3.38. The lowest BCUT2D eigenvalue weighted by atomic mass is 9.66. The van der Waals surface area contributed by atoms with E-state index in [0.717, 1.165) is 5.92 Å². The van der Waals surface area contributed by atoms with Crippen LogP contribution in [-0.4, -0.2) is 35.7 Å². The van der Waals surface area contributed by atoms with Gasteiger partial charge in [-0.2, -0.15) is 0 Å². The molecule has 3 aliphatic heterocycles. The lowest BCUT2D eigenvalue weighted by Crippen LogP contribution is -2.59. The van der Waals surface area contributed by atoms with Gasteiger partial charge in [-0.1, -0.05) is 0 Å². The second-order valence-corrected chi connectivity index (χ2v) is 4.57. The molecule has 4 aliphatic rings. The van der Waals surface area contributed by atoms with Crippen molar-refractivity contribution < 1.29 is 5.11 Å². The Morgan fingerprint density at radius 1 is 1.00 bits per heavy atom. The topological polar surface area (TPSA) is 23.5 Å². The zero-order valence-electron chi connectivity index (χ0n) is 7.15. The smallest absolute Gasteiger partial charge is 0.0621 e. The zero-order valence-corrected chi connectivity index (χ0v) is 7.96. The van der Waals surface area contributed by atoms with Crippen LogP contribution >= 0.6 is 12.4 Å². The number of piperidine rings is 3. The molecule has 4 rings (SSSR count). The molecule has 2 unspecified atom stereocenters. The van der Waals surface area contributed by atoms with E-state index in [2.05, 4.69) is 4.90 Å². The van der Waals surface area contributed by atoms with E-state index >= 15 is 0 Å². The molecule has 3 heteroatoms. The van der Waals surface area contributed by atoms with Gasteiger partial charge in [-0.3, -0.25) is 0 Å². The first-order valence-corrected chi connectivity index (χ1v) is 4.73. The predicted molar refractivity (Wildman–Crippen MR) is 49.4 cm³/mol. The van der Waals surface area contributed by atoms with Gasteiger partial charge in [0.25, 0.3) is 0 Å². The average Bonchev–Trinajstić information content (AvgIpc) is 1.98. The number of hydrogen-bond donors (Lipinski definition) is 1. The third-order valence-electron chi connectivity index (χ3n) is 3.74. The van der Waals surface area contributed by atoms with Gasteiger partial charge in [-0.25, -0.2) is 0 Å². The molecule has 3 heterocycles. The highest BCUT2D eigenvalue weighted by atomic mass is 35.5. The third kappa shape index (κ3) is 1.09. The van der Waals surface area contributed by atoms with Crippen molar-refractivity contribution in [1.29, 1.82) is 0 Å². The van der Waals surface area contributed by atoms with Gasteiger partial charge in [-0.05, 0) is 30.6 Å². The summed E-state index contributed by atoms with van der Waals surface area (Å²) in [5.74, 6) is 2.18.